The van der Waals surface area contributed by atoms with Gasteiger partial charge < -0.3 is 5.32 Å². The van der Waals surface area contributed by atoms with Gasteiger partial charge in [-0.3, -0.25) is 4.90 Å². The summed E-state index contributed by atoms with van der Waals surface area (Å²) in [5.41, 5.74) is 1.45. The summed E-state index contributed by atoms with van der Waals surface area (Å²) in [5.74, 6) is 0.645. The van der Waals surface area contributed by atoms with Crippen LogP contribution in [0.15, 0.2) is 24.3 Å². The third-order valence-electron chi connectivity index (χ3n) is 4.64. The number of nitrogens with one attached hydrogen (secondary N) is 1. The fourth-order valence-corrected chi connectivity index (χ4v) is 3.21. The van der Waals surface area contributed by atoms with Gasteiger partial charge >= 0.3 is 0 Å². The summed E-state index contributed by atoms with van der Waals surface area (Å²) in [6.45, 7) is 12.3. The van der Waals surface area contributed by atoms with Gasteiger partial charge in [0.25, 0.3) is 0 Å². The first kappa shape index (κ1) is 15.8. The van der Waals surface area contributed by atoms with Crippen molar-refractivity contribution >= 4 is 11.6 Å². The zero-order valence-electron chi connectivity index (χ0n) is 13.1. The average Bonchev–Trinajstić information content (AvgIpc) is 2.41. The van der Waals surface area contributed by atoms with E-state index >= 15 is 0 Å². The topological polar surface area (TPSA) is 15.3 Å². The van der Waals surface area contributed by atoms with Crippen molar-refractivity contribution in [2.24, 2.45) is 5.92 Å². The predicted octanol–water partition coefficient (Wildman–Crippen LogP) is 3.94. The van der Waals surface area contributed by atoms with E-state index in [9.17, 15) is 0 Å². The van der Waals surface area contributed by atoms with Gasteiger partial charge in [-0.2, -0.15) is 0 Å². The van der Waals surface area contributed by atoms with Crippen molar-refractivity contribution in [3.63, 3.8) is 0 Å². The molecule has 0 radical (unpaired) electrons. The Balaban J connectivity index is 2.18. The van der Waals surface area contributed by atoms with E-state index in [2.05, 4.69) is 50.0 Å². The smallest absolute Gasteiger partial charge is 0.0451 e. The van der Waals surface area contributed by atoms with Crippen molar-refractivity contribution in [3.05, 3.63) is 34.9 Å². The van der Waals surface area contributed by atoms with E-state index in [0.717, 1.165) is 31.1 Å². The first-order chi connectivity index (χ1) is 9.45. The lowest BCUT2D eigenvalue weighted by atomic mass is 9.89. The van der Waals surface area contributed by atoms with Crippen molar-refractivity contribution < 1.29 is 0 Å². The van der Waals surface area contributed by atoms with Gasteiger partial charge in [-0.05, 0) is 30.9 Å². The van der Waals surface area contributed by atoms with Gasteiger partial charge in [0.2, 0.25) is 0 Å². The van der Waals surface area contributed by atoms with E-state index in [1.807, 2.05) is 12.1 Å². The summed E-state index contributed by atoms with van der Waals surface area (Å²) in [5, 5.41) is 4.61. The van der Waals surface area contributed by atoms with Gasteiger partial charge in [-0.1, -0.05) is 50.6 Å². The standard InChI is InChI=1S/C17H27ClN2/c1-5-17(4)12-20(16(10-19-17)13(2)3)11-14-8-6-7-9-15(14)18/h6-9,13,16,19H,5,10-12H2,1-4H3. The average molecular weight is 295 g/mol. The Morgan fingerprint density at radius 3 is 2.70 bits per heavy atom. The number of nitrogens with zero attached hydrogens (tertiary/aromatic N) is 1. The van der Waals surface area contributed by atoms with Gasteiger partial charge in [-0.15, -0.1) is 0 Å². The van der Waals surface area contributed by atoms with Gasteiger partial charge in [0.15, 0.2) is 0 Å². The summed E-state index contributed by atoms with van der Waals surface area (Å²) in [7, 11) is 0. The second-order valence-corrected chi connectivity index (χ2v) is 7.01. The highest BCUT2D eigenvalue weighted by Crippen LogP contribution is 2.26. The molecular formula is C17H27ClN2. The molecule has 2 unspecified atom stereocenters. The molecule has 112 valence electrons. The summed E-state index contributed by atoms with van der Waals surface area (Å²) < 4.78 is 0. The molecule has 0 aromatic heterocycles. The zero-order chi connectivity index (χ0) is 14.8. The Bertz CT molecular complexity index is 446. The molecule has 3 heteroatoms. The summed E-state index contributed by atoms with van der Waals surface area (Å²) in [6.07, 6.45) is 1.15. The molecule has 2 rings (SSSR count). The van der Waals surface area contributed by atoms with Crippen LogP contribution in [0.1, 0.15) is 39.7 Å². The van der Waals surface area contributed by atoms with Crippen LogP contribution in [0.2, 0.25) is 5.02 Å². The quantitative estimate of drug-likeness (QED) is 0.905. The van der Waals surface area contributed by atoms with Gasteiger partial charge in [0.05, 0.1) is 0 Å². The molecule has 0 amide bonds. The molecule has 20 heavy (non-hydrogen) atoms. The number of rotatable bonds is 4. The number of hydrogen-bond acceptors (Lipinski definition) is 2. The zero-order valence-corrected chi connectivity index (χ0v) is 13.9. The first-order valence-corrected chi connectivity index (χ1v) is 8.05. The number of hydrogen-bond donors (Lipinski definition) is 1. The second-order valence-electron chi connectivity index (χ2n) is 6.60. The molecule has 0 saturated carbocycles. The maximum Gasteiger partial charge on any atom is 0.0451 e. The molecule has 1 fully saturated rings. The maximum atomic E-state index is 6.33. The third kappa shape index (κ3) is 3.55. The Morgan fingerprint density at radius 1 is 1.40 bits per heavy atom. The van der Waals surface area contributed by atoms with E-state index in [1.54, 1.807) is 0 Å². The fourth-order valence-electron chi connectivity index (χ4n) is 3.01. The van der Waals surface area contributed by atoms with Crippen LogP contribution in [0, 0.1) is 5.92 Å². The molecule has 2 nitrogen and oxygen atoms in total. The number of halogens is 1. The molecular weight excluding hydrogens is 268 g/mol. The second kappa shape index (κ2) is 6.46. The minimum atomic E-state index is 0.215. The lowest BCUT2D eigenvalue weighted by Gasteiger charge is -2.47. The van der Waals surface area contributed by atoms with Crippen molar-refractivity contribution in [1.29, 1.82) is 0 Å². The SMILES string of the molecule is CCC1(C)CN(Cc2ccccc2Cl)C(C(C)C)CN1. The fraction of sp³-hybridized carbons (Fsp3) is 0.647. The van der Waals surface area contributed by atoms with Crippen LogP contribution in [0.25, 0.3) is 0 Å². The number of benzene rings is 1. The van der Waals surface area contributed by atoms with E-state index in [4.69, 9.17) is 11.6 Å². The van der Waals surface area contributed by atoms with Crippen LogP contribution in [0.5, 0.6) is 0 Å². The van der Waals surface area contributed by atoms with Crippen LogP contribution < -0.4 is 5.32 Å². The summed E-state index contributed by atoms with van der Waals surface area (Å²) >= 11 is 6.33. The van der Waals surface area contributed by atoms with Gasteiger partial charge in [0.1, 0.15) is 0 Å². The Hall–Kier alpha value is -0.570. The Morgan fingerprint density at radius 2 is 2.10 bits per heavy atom. The van der Waals surface area contributed by atoms with Gasteiger partial charge in [0, 0.05) is 36.2 Å². The molecule has 1 aliphatic rings. The first-order valence-electron chi connectivity index (χ1n) is 7.67. The molecule has 1 saturated heterocycles. The van der Waals surface area contributed by atoms with Crippen LogP contribution in [-0.2, 0) is 6.54 Å². The van der Waals surface area contributed by atoms with Crippen molar-refractivity contribution in [2.75, 3.05) is 13.1 Å². The van der Waals surface area contributed by atoms with Crippen molar-refractivity contribution in [2.45, 2.75) is 52.2 Å². The van der Waals surface area contributed by atoms with Crippen LogP contribution in [0.4, 0.5) is 0 Å². The highest BCUT2D eigenvalue weighted by atomic mass is 35.5. The third-order valence-corrected chi connectivity index (χ3v) is 5.01. The molecule has 1 aromatic carbocycles. The van der Waals surface area contributed by atoms with E-state index in [-0.39, 0.29) is 5.54 Å². The Labute approximate surface area is 128 Å². The number of piperazine rings is 1. The van der Waals surface area contributed by atoms with E-state index < -0.39 is 0 Å². The normalized spacial score (nSPS) is 28.0. The van der Waals surface area contributed by atoms with E-state index in [0.29, 0.717) is 12.0 Å². The highest BCUT2D eigenvalue weighted by molar-refractivity contribution is 6.31. The molecule has 1 aromatic rings. The van der Waals surface area contributed by atoms with Crippen LogP contribution in [0.3, 0.4) is 0 Å². The Kier molecular flexibility index (Phi) is 5.11. The van der Waals surface area contributed by atoms with Crippen LogP contribution in [-0.4, -0.2) is 29.6 Å². The van der Waals surface area contributed by atoms with E-state index in [1.165, 1.54) is 5.56 Å². The molecule has 1 N–H and O–H groups in total. The molecule has 1 heterocycles. The lowest BCUT2D eigenvalue weighted by molar-refractivity contribution is 0.0539. The summed E-state index contributed by atoms with van der Waals surface area (Å²) in [4.78, 5) is 2.60. The summed E-state index contributed by atoms with van der Waals surface area (Å²) in [6, 6.07) is 8.78. The minimum absolute atomic E-state index is 0.215. The molecule has 0 spiro atoms. The maximum absolute atomic E-state index is 6.33. The minimum Gasteiger partial charge on any atom is -0.309 e. The van der Waals surface area contributed by atoms with Crippen molar-refractivity contribution in [3.8, 4) is 0 Å². The molecule has 0 aliphatic carbocycles. The van der Waals surface area contributed by atoms with Crippen LogP contribution >= 0.6 is 11.6 Å². The molecule has 2 atom stereocenters. The van der Waals surface area contributed by atoms with Crippen molar-refractivity contribution in [1.82, 2.24) is 10.2 Å². The lowest BCUT2D eigenvalue weighted by Crippen LogP contribution is -2.63. The predicted molar refractivity (Wildman–Crippen MR) is 87.2 cm³/mol. The molecule has 1 aliphatic heterocycles. The van der Waals surface area contributed by atoms with Gasteiger partial charge in [-0.25, -0.2) is 0 Å². The highest BCUT2D eigenvalue weighted by Gasteiger charge is 2.35. The monoisotopic (exact) mass is 294 g/mol. The largest absolute Gasteiger partial charge is 0.309 e. The molecule has 0 bridgehead atoms.